The van der Waals surface area contributed by atoms with Crippen molar-refractivity contribution in [1.82, 2.24) is 25.0 Å². The molecule has 8 heteroatoms. The molecule has 0 bridgehead atoms. The van der Waals surface area contributed by atoms with E-state index in [9.17, 15) is 4.79 Å². The Morgan fingerprint density at radius 2 is 2.27 bits per heavy atom. The maximum atomic E-state index is 12.6. The molecule has 1 aliphatic carbocycles. The standard InChI is InChI=1S/C14H13ClN6O/c1-21-13-9(5-17-21)8(4-11(18-13)7-2-3-7)14(22)19-12-10(15)6-16-20-12/h4-7H,2-3H2,1H3,(H2,16,19,20,22). The van der Waals surface area contributed by atoms with Gasteiger partial charge in [0.2, 0.25) is 0 Å². The van der Waals surface area contributed by atoms with E-state index in [-0.39, 0.29) is 5.91 Å². The number of hydrogen-bond donors (Lipinski definition) is 2. The van der Waals surface area contributed by atoms with Crippen LogP contribution in [0.3, 0.4) is 0 Å². The zero-order chi connectivity index (χ0) is 15.3. The Balaban J connectivity index is 1.79. The molecule has 3 heterocycles. The molecule has 0 atom stereocenters. The second-order valence-corrected chi connectivity index (χ2v) is 5.83. The predicted octanol–water partition coefficient (Wildman–Crippen LogP) is 2.47. The summed E-state index contributed by atoms with van der Waals surface area (Å²) in [5.74, 6) is 0.573. The number of aryl methyl sites for hydroxylation is 1. The zero-order valence-electron chi connectivity index (χ0n) is 11.8. The van der Waals surface area contributed by atoms with Gasteiger partial charge in [0.1, 0.15) is 10.8 Å². The van der Waals surface area contributed by atoms with E-state index >= 15 is 0 Å². The van der Waals surface area contributed by atoms with E-state index in [1.165, 1.54) is 6.20 Å². The van der Waals surface area contributed by atoms with Crippen LogP contribution in [0, 0.1) is 0 Å². The van der Waals surface area contributed by atoms with E-state index in [1.54, 1.807) is 10.9 Å². The summed E-state index contributed by atoms with van der Waals surface area (Å²) in [5, 5.41) is 14.5. The molecule has 0 aliphatic heterocycles. The van der Waals surface area contributed by atoms with Gasteiger partial charge >= 0.3 is 0 Å². The lowest BCUT2D eigenvalue weighted by atomic mass is 10.1. The summed E-state index contributed by atoms with van der Waals surface area (Å²) in [6.07, 6.45) is 5.33. The third-order valence-corrected chi connectivity index (χ3v) is 4.08. The first-order valence-electron chi connectivity index (χ1n) is 6.96. The zero-order valence-corrected chi connectivity index (χ0v) is 12.6. The number of aromatic nitrogens is 5. The van der Waals surface area contributed by atoms with Gasteiger partial charge in [0.05, 0.1) is 23.3 Å². The molecule has 1 saturated carbocycles. The van der Waals surface area contributed by atoms with Crippen LogP contribution in [0.5, 0.6) is 0 Å². The number of pyridine rings is 1. The lowest BCUT2D eigenvalue weighted by Gasteiger charge is -2.07. The molecule has 7 nitrogen and oxygen atoms in total. The number of halogens is 1. The third kappa shape index (κ3) is 2.14. The minimum atomic E-state index is -0.256. The van der Waals surface area contributed by atoms with E-state index in [2.05, 4.69) is 25.6 Å². The maximum Gasteiger partial charge on any atom is 0.257 e. The van der Waals surface area contributed by atoms with Gasteiger partial charge in [-0.3, -0.25) is 14.6 Å². The van der Waals surface area contributed by atoms with E-state index in [1.807, 2.05) is 13.1 Å². The van der Waals surface area contributed by atoms with Crippen molar-refractivity contribution in [2.24, 2.45) is 7.05 Å². The average molecular weight is 317 g/mol. The fraction of sp³-hybridized carbons (Fsp3) is 0.286. The Bertz CT molecular complexity index is 879. The number of carbonyl (C=O) groups excluding carboxylic acids is 1. The van der Waals surface area contributed by atoms with Gasteiger partial charge in [0.25, 0.3) is 5.91 Å². The second kappa shape index (κ2) is 4.81. The molecule has 1 aliphatic rings. The Hall–Kier alpha value is -2.41. The Kier molecular flexibility index (Phi) is 2.90. The first-order valence-corrected chi connectivity index (χ1v) is 7.34. The van der Waals surface area contributed by atoms with Gasteiger partial charge in [0, 0.05) is 18.7 Å². The van der Waals surface area contributed by atoms with Crippen molar-refractivity contribution in [2.75, 3.05) is 5.32 Å². The van der Waals surface area contributed by atoms with E-state index in [0.29, 0.717) is 28.0 Å². The number of nitrogens with zero attached hydrogens (tertiary/aromatic N) is 4. The number of nitrogens with one attached hydrogen (secondary N) is 2. The summed E-state index contributed by atoms with van der Waals surface area (Å²) in [6, 6.07) is 1.85. The SMILES string of the molecule is Cn1ncc2c(C(=O)Nc3[nH]ncc3Cl)cc(C3CC3)nc21. The quantitative estimate of drug-likeness (QED) is 0.777. The number of rotatable bonds is 3. The molecule has 2 N–H and O–H groups in total. The molecule has 112 valence electrons. The normalized spacial score (nSPS) is 14.5. The van der Waals surface area contributed by atoms with Crippen molar-refractivity contribution in [2.45, 2.75) is 18.8 Å². The highest BCUT2D eigenvalue weighted by atomic mass is 35.5. The summed E-state index contributed by atoms with van der Waals surface area (Å²) in [6.45, 7) is 0. The lowest BCUT2D eigenvalue weighted by Crippen LogP contribution is -2.14. The van der Waals surface area contributed by atoms with Gasteiger partial charge in [-0.15, -0.1) is 0 Å². The molecule has 0 spiro atoms. The van der Waals surface area contributed by atoms with Crippen LogP contribution >= 0.6 is 11.6 Å². The molecule has 0 unspecified atom stereocenters. The van der Waals surface area contributed by atoms with Crippen LogP contribution in [0.2, 0.25) is 5.02 Å². The lowest BCUT2D eigenvalue weighted by molar-refractivity contribution is 0.102. The Morgan fingerprint density at radius 1 is 1.45 bits per heavy atom. The van der Waals surface area contributed by atoms with Gasteiger partial charge in [-0.1, -0.05) is 11.6 Å². The van der Waals surface area contributed by atoms with Crippen molar-refractivity contribution in [3.05, 3.63) is 34.7 Å². The van der Waals surface area contributed by atoms with E-state index < -0.39 is 0 Å². The predicted molar refractivity (Wildman–Crippen MR) is 82.0 cm³/mol. The van der Waals surface area contributed by atoms with Gasteiger partial charge in [0.15, 0.2) is 5.65 Å². The summed E-state index contributed by atoms with van der Waals surface area (Å²) in [5.41, 5.74) is 2.20. The molecule has 0 saturated heterocycles. The number of carbonyl (C=O) groups is 1. The van der Waals surface area contributed by atoms with E-state index in [4.69, 9.17) is 11.6 Å². The highest BCUT2D eigenvalue weighted by Gasteiger charge is 2.28. The molecule has 22 heavy (non-hydrogen) atoms. The minimum Gasteiger partial charge on any atom is -0.306 e. The topological polar surface area (TPSA) is 88.5 Å². The van der Waals surface area contributed by atoms with Crippen LogP contribution in [-0.4, -0.2) is 30.9 Å². The summed E-state index contributed by atoms with van der Waals surface area (Å²) < 4.78 is 1.68. The molecule has 1 fully saturated rings. The van der Waals surface area contributed by atoms with Crippen molar-refractivity contribution < 1.29 is 4.79 Å². The highest BCUT2D eigenvalue weighted by molar-refractivity contribution is 6.33. The third-order valence-electron chi connectivity index (χ3n) is 3.80. The number of fused-ring (bicyclic) bond motifs is 1. The molecule has 3 aromatic rings. The molecular formula is C14H13ClN6O. The van der Waals surface area contributed by atoms with Crippen LogP contribution < -0.4 is 5.32 Å². The molecular weight excluding hydrogens is 304 g/mol. The monoisotopic (exact) mass is 316 g/mol. The number of amides is 1. The van der Waals surface area contributed by atoms with Crippen molar-refractivity contribution >= 4 is 34.4 Å². The van der Waals surface area contributed by atoms with Crippen LogP contribution in [0.15, 0.2) is 18.5 Å². The largest absolute Gasteiger partial charge is 0.306 e. The van der Waals surface area contributed by atoms with Gasteiger partial charge in [-0.05, 0) is 18.9 Å². The van der Waals surface area contributed by atoms with Crippen molar-refractivity contribution in [3.63, 3.8) is 0 Å². The number of aromatic amines is 1. The smallest absolute Gasteiger partial charge is 0.257 e. The molecule has 0 aromatic carbocycles. The Morgan fingerprint density at radius 3 is 2.95 bits per heavy atom. The van der Waals surface area contributed by atoms with Gasteiger partial charge in [-0.2, -0.15) is 10.2 Å². The van der Waals surface area contributed by atoms with Crippen molar-refractivity contribution in [3.8, 4) is 0 Å². The second-order valence-electron chi connectivity index (χ2n) is 5.42. The first kappa shape index (κ1) is 13.3. The van der Waals surface area contributed by atoms with Crippen molar-refractivity contribution in [1.29, 1.82) is 0 Å². The summed E-state index contributed by atoms with van der Waals surface area (Å²) in [4.78, 5) is 17.2. The first-order chi connectivity index (χ1) is 10.6. The Labute approximate surface area is 130 Å². The van der Waals surface area contributed by atoms with Crippen LogP contribution in [0.4, 0.5) is 5.82 Å². The average Bonchev–Trinajstić information content (AvgIpc) is 3.20. The molecule has 3 aromatic heterocycles. The van der Waals surface area contributed by atoms with E-state index in [0.717, 1.165) is 23.9 Å². The summed E-state index contributed by atoms with van der Waals surface area (Å²) >= 11 is 5.95. The number of anilines is 1. The van der Waals surface area contributed by atoms with Gasteiger partial charge in [-0.25, -0.2) is 4.98 Å². The molecule has 4 rings (SSSR count). The van der Waals surface area contributed by atoms with Crippen LogP contribution in [0.1, 0.15) is 34.8 Å². The minimum absolute atomic E-state index is 0.256. The molecule has 1 amide bonds. The fourth-order valence-electron chi connectivity index (χ4n) is 2.45. The van der Waals surface area contributed by atoms with Crippen LogP contribution in [0.25, 0.3) is 11.0 Å². The highest BCUT2D eigenvalue weighted by Crippen LogP contribution is 2.40. The van der Waals surface area contributed by atoms with Gasteiger partial charge < -0.3 is 5.32 Å². The number of H-pyrrole nitrogens is 1. The summed E-state index contributed by atoms with van der Waals surface area (Å²) in [7, 11) is 1.82. The fourth-order valence-corrected chi connectivity index (χ4v) is 2.59. The van der Waals surface area contributed by atoms with Crippen LogP contribution in [-0.2, 0) is 7.05 Å². The number of hydrogen-bond acceptors (Lipinski definition) is 4. The molecule has 0 radical (unpaired) electrons. The maximum absolute atomic E-state index is 12.6.